The van der Waals surface area contributed by atoms with Gasteiger partial charge in [-0.2, -0.15) is 0 Å². The Morgan fingerprint density at radius 3 is 2.39 bits per heavy atom. The van der Waals surface area contributed by atoms with Crippen LogP contribution in [0.3, 0.4) is 0 Å². The Kier molecular flexibility index (Phi) is 5.08. The molecule has 0 spiro atoms. The molecule has 0 aliphatic rings. The predicted octanol–water partition coefficient (Wildman–Crippen LogP) is 2.77. The van der Waals surface area contributed by atoms with Gasteiger partial charge in [-0.25, -0.2) is 13.1 Å². The lowest BCUT2D eigenvalue weighted by Gasteiger charge is -2.24. The van der Waals surface area contributed by atoms with Crippen molar-refractivity contribution in [3.8, 4) is 0 Å². The molecule has 102 valence electrons. The first-order chi connectivity index (χ1) is 8.09. The summed E-state index contributed by atoms with van der Waals surface area (Å²) in [6.45, 7) is 3.53. The van der Waals surface area contributed by atoms with Crippen LogP contribution in [-0.4, -0.2) is 20.5 Å². The van der Waals surface area contributed by atoms with E-state index in [4.69, 9.17) is 28.9 Å². The highest BCUT2D eigenvalue weighted by atomic mass is 79.9. The fraction of sp³-hybridized carbons (Fsp3) is 0.400. The second-order valence-electron chi connectivity index (χ2n) is 4.39. The van der Waals surface area contributed by atoms with Crippen LogP contribution >= 0.6 is 39.1 Å². The smallest absolute Gasteiger partial charge is 0.242 e. The Hall–Kier alpha value is 0.150. The Morgan fingerprint density at radius 2 is 1.89 bits per heavy atom. The zero-order chi connectivity index (χ0) is 14.1. The van der Waals surface area contributed by atoms with Crippen LogP contribution in [0.1, 0.15) is 13.8 Å². The van der Waals surface area contributed by atoms with E-state index < -0.39 is 15.6 Å². The molecule has 0 amide bonds. The summed E-state index contributed by atoms with van der Waals surface area (Å²) in [6, 6.07) is 2.73. The lowest BCUT2D eigenvalue weighted by molar-refractivity contribution is 0.462. The molecule has 0 unspecified atom stereocenters. The van der Waals surface area contributed by atoms with Crippen LogP contribution in [0.5, 0.6) is 0 Å². The third kappa shape index (κ3) is 3.82. The predicted molar refractivity (Wildman–Crippen MR) is 77.6 cm³/mol. The summed E-state index contributed by atoms with van der Waals surface area (Å²) in [5.41, 5.74) is 4.74. The number of halogens is 3. The topological polar surface area (TPSA) is 72.2 Å². The Morgan fingerprint density at radius 1 is 1.33 bits per heavy atom. The molecule has 18 heavy (non-hydrogen) atoms. The summed E-state index contributed by atoms with van der Waals surface area (Å²) >= 11 is 14.9. The first-order valence-corrected chi connectivity index (χ1v) is 8.01. The van der Waals surface area contributed by atoms with Crippen LogP contribution in [0, 0.1) is 0 Å². The van der Waals surface area contributed by atoms with Gasteiger partial charge in [0.1, 0.15) is 4.90 Å². The minimum absolute atomic E-state index is 0.0398. The maximum atomic E-state index is 12.2. The van der Waals surface area contributed by atoms with E-state index in [-0.39, 0.29) is 16.5 Å². The van der Waals surface area contributed by atoms with E-state index in [2.05, 4.69) is 20.7 Å². The quantitative estimate of drug-likeness (QED) is 0.794. The molecule has 8 heteroatoms. The SMILES string of the molecule is CC(C)(CN)NS(=O)(=O)c1cc(Br)c(Cl)cc1Cl. The van der Waals surface area contributed by atoms with E-state index in [9.17, 15) is 8.42 Å². The van der Waals surface area contributed by atoms with E-state index in [1.165, 1.54) is 12.1 Å². The standard InChI is InChI=1S/C10H13BrCl2N2O2S/c1-10(2,5-14)15-18(16,17)9-3-6(11)7(12)4-8(9)13/h3-4,15H,5,14H2,1-2H3. The molecule has 4 nitrogen and oxygen atoms in total. The molecular formula is C10H13BrCl2N2O2S. The summed E-state index contributed by atoms with van der Waals surface area (Å²) < 4.78 is 27.3. The van der Waals surface area contributed by atoms with Crippen LogP contribution in [0.25, 0.3) is 0 Å². The number of hydrogen-bond acceptors (Lipinski definition) is 3. The van der Waals surface area contributed by atoms with Gasteiger partial charge in [-0.15, -0.1) is 0 Å². The lowest BCUT2D eigenvalue weighted by atomic mass is 10.1. The van der Waals surface area contributed by atoms with Gasteiger partial charge in [0.2, 0.25) is 10.0 Å². The van der Waals surface area contributed by atoms with Crippen LogP contribution in [0.4, 0.5) is 0 Å². The van der Waals surface area contributed by atoms with Gasteiger partial charge in [-0.3, -0.25) is 0 Å². The number of rotatable bonds is 4. The summed E-state index contributed by atoms with van der Waals surface area (Å²) in [7, 11) is -3.75. The van der Waals surface area contributed by atoms with Crippen molar-refractivity contribution in [3.05, 3.63) is 26.7 Å². The molecule has 0 fully saturated rings. The molecule has 0 saturated carbocycles. The van der Waals surface area contributed by atoms with Gasteiger partial charge in [-0.1, -0.05) is 23.2 Å². The van der Waals surface area contributed by atoms with Gasteiger partial charge in [0, 0.05) is 16.6 Å². The summed E-state index contributed by atoms with van der Waals surface area (Å²) in [5, 5.41) is 0.403. The molecule has 0 aliphatic carbocycles. The Balaban J connectivity index is 3.26. The maximum absolute atomic E-state index is 12.2. The average Bonchev–Trinajstić information content (AvgIpc) is 2.21. The Bertz CT molecular complexity index is 561. The zero-order valence-electron chi connectivity index (χ0n) is 9.80. The summed E-state index contributed by atoms with van der Waals surface area (Å²) in [5.74, 6) is 0. The maximum Gasteiger partial charge on any atom is 0.242 e. The van der Waals surface area contributed by atoms with Gasteiger partial charge in [0.05, 0.1) is 10.0 Å². The molecule has 0 radical (unpaired) electrons. The van der Waals surface area contributed by atoms with Gasteiger partial charge >= 0.3 is 0 Å². The van der Waals surface area contributed by atoms with E-state index in [1.807, 2.05) is 0 Å². The number of nitrogens with two attached hydrogens (primary N) is 1. The summed E-state index contributed by atoms with van der Waals surface area (Å²) in [6.07, 6.45) is 0. The fourth-order valence-corrected chi connectivity index (χ4v) is 3.86. The highest BCUT2D eigenvalue weighted by Crippen LogP contribution is 2.32. The molecule has 1 aromatic rings. The minimum Gasteiger partial charge on any atom is -0.329 e. The van der Waals surface area contributed by atoms with Crippen molar-refractivity contribution < 1.29 is 8.42 Å². The molecule has 0 saturated heterocycles. The van der Waals surface area contributed by atoms with Crippen LogP contribution < -0.4 is 10.5 Å². The van der Waals surface area contributed by atoms with Crippen molar-refractivity contribution in [2.24, 2.45) is 5.73 Å². The fourth-order valence-electron chi connectivity index (χ4n) is 1.17. The average molecular weight is 376 g/mol. The van der Waals surface area contributed by atoms with Crippen molar-refractivity contribution in [2.45, 2.75) is 24.3 Å². The number of hydrogen-bond donors (Lipinski definition) is 2. The third-order valence-electron chi connectivity index (χ3n) is 2.19. The largest absolute Gasteiger partial charge is 0.329 e. The lowest BCUT2D eigenvalue weighted by Crippen LogP contribution is -2.48. The van der Waals surface area contributed by atoms with E-state index in [0.717, 1.165) is 0 Å². The monoisotopic (exact) mass is 374 g/mol. The van der Waals surface area contributed by atoms with Gasteiger partial charge in [0.15, 0.2) is 0 Å². The number of nitrogens with one attached hydrogen (secondary N) is 1. The minimum atomic E-state index is -3.75. The van der Waals surface area contributed by atoms with Crippen LogP contribution in [-0.2, 0) is 10.0 Å². The molecule has 0 aromatic heterocycles. The first kappa shape index (κ1) is 16.2. The number of benzene rings is 1. The van der Waals surface area contributed by atoms with E-state index >= 15 is 0 Å². The van der Waals surface area contributed by atoms with Crippen LogP contribution in [0.2, 0.25) is 10.0 Å². The normalized spacial score (nSPS) is 12.8. The number of sulfonamides is 1. The van der Waals surface area contributed by atoms with Gasteiger partial charge < -0.3 is 5.73 Å². The summed E-state index contributed by atoms with van der Waals surface area (Å²) in [4.78, 5) is -0.0398. The van der Waals surface area contributed by atoms with Crippen molar-refractivity contribution >= 4 is 49.2 Å². The highest BCUT2D eigenvalue weighted by molar-refractivity contribution is 9.10. The van der Waals surface area contributed by atoms with Crippen molar-refractivity contribution in [2.75, 3.05) is 6.54 Å². The van der Waals surface area contributed by atoms with Crippen molar-refractivity contribution in [1.29, 1.82) is 0 Å². The molecule has 1 rings (SSSR count). The van der Waals surface area contributed by atoms with E-state index in [0.29, 0.717) is 9.50 Å². The highest BCUT2D eigenvalue weighted by Gasteiger charge is 2.27. The third-order valence-corrected chi connectivity index (χ3v) is 5.55. The van der Waals surface area contributed by atoms with Crippen LogP contribution in [0.15, 0.2) is 21.5 Å². The molecule has 0 aliphatic heterocycles. The van der Waals surface area contributed by atoms with Crippen molar-refractivity contribution in [1.82, 2.24) is 4.72 Å². The molecular weight excluding hydrogens is 363 g/mol. The van der Waals surface area contributed by atoms with E-state index in [1.54, 1.807) is 13.8 Å². The molecule has 0 bridgehead atoms. The molecule has 0 heterocycles. The molecule has 3 N–H and O–H groups in total. The molecule has 0 atom stereocenters. The second-order valence-corrected chi connectivity index (χ2v) is 7.71. The second kappa shape index (κ2) is 5.64. The molecule has 1 aromatic carbocycles. The van der Waals surface area contributed by atoms with Gasteiger partial charge in [-0.05, 0) is 41.9 Å². The van der Waals surface area contributed by atoms with Gasteiger partial charge in [0.25, 0.3) is 0 Å². The van der Waals surface area contributed by atoms with Crippen molar-refractivity contribution in [3.63, 3.8) is 0 Å². The Labute approximate surface area is 125 Å². The zero-order valence-corrected chi connectivity index (χ0v) is 13.7. The first-order valence-electron chi connectivity index (χ1n) is 4.98.